The number of piperazine rings is 1. The average Bonchev–Trinajstić information content (AvgIpc) is 3.31. The first-order chi connectivity index (χ1) is 15.3. The third-order valence-corrected chi connectivity index (χ3v) is 5.57. The molecule has 0 atom stereocenters. The van der Waals surface area contributed by atoms with Gasteiger partial charge < -0.3 is 19.9 Å². The molecule has 1 fully saturated rings. The van der Waals surface area contributed by atoms with Crippen molar-refractivity contribution < 1.29 is 4.74 Å². The third-order valence-electron chi connectivity index (χ3n) is 5.57. The number of hydrogen-bond acceptors (Lipinski definition) is 4. The van der Waals surface area contributed by atoms with Crippen LogP contribution in [-0.2, 0) is 6.42 Å². The molecule has 0 radical (unpaired) electrons. The van der Waals surface area contributed by atoms with Gasteiger partial charge in [-0.2, -0.15) is 5.10 Å². The summed E-state index contributed by atoms with van der Waals surface area (Å²) in [7, 11) is 3.58. The minimum Gasteiger partial charge on any atom is -0.495 e. The van der Waals surface area contributed by atoms with Crippen molar-refractivity contribution >= 4 is 11.6 Å². The number of anilines is 1. The molecule has 3 aromatic rings. The van der Waals surface area contributed by atoms with Gasteiger partial charge in [-0.15, -0.1) is 0 Å². The first-order valence-corrected chi connectivity index (χ1v) is 10.7. The fourth-order valence-corrected chi connectivity index (χ4v) is 3.91. The lowest BCUT2D eigenvalue weighted by molar-refractivity contribution is 0.367. The number of guanidine groups is 1. The second-order valence-corrected chi connectivity index (χ2v) is 7.50. The van der Waals surface area contributed by atoms with Crippen molar-refractivity contribution in [1.29, 1.82) is 0 Å². The Morgan fingerprint density at radius 1 is 1.03 bits per heavy atom. The molecule has 7 nitrogen and oxygen atoms in total. The minimum absolute atomic E-state index is 0.819. The van der Waals surface area contributed by atoms with Gasteiger partial charge in [0.2, 0.25) is 0 Å². The zero-order valence-corrected chi connectivity index (χ0v) is 18.2. The molecule has 0 amide bonds. The Kier molecular flexibility index (Phi) is 6.72. The Morgan fingerprint density at radius 2 is 1.77 bits per heavy atom. The molecule has 2 aromatic carbocycles. The van der Waals surface area contributed by atoms with Crippen molar-refractivity contribution in [3.8, 4) is 11.4 Å². The van der Waals surface area contributed by atoms with Crippen molar-refractivity contribution in [3.05, 3.63) is 72.6 Å². The van der Waals surface area contributed by atoms with E-state index in [1.807, 2.05) is 48.3 Å². The molecular weight excluding hydrogens is 388 g/mol. The molecule has 0 spiro atoms. The van der Waals surface area contributed by atoms with Gasteiger partial charge in [-0.05, 0) is 36.2 Å². The number of methoxy groups -OCH3 is 1. The van der Waals surface area contributed by atoms with Gasteiger partial charge in [0, 0.05) is 46.0 Å². The summed E-state index contributed by atoms with van der Waals surface area (Å²) in [4.78, 5) is 9.19. The van der Waals surface area contributed by atoms with E-state index in [-0.39, 0.29) is 0 Å². The molecule has 1 saturated heterocycles. The van der Waals surface area contributed by atoms with Crippen LogP contribution < -0.4 is 15.0 Å². The van der Waals surface area contributed by atoms with Crippen molar-refractivity contribution in [2.45, 2.75) is 6.42 Å². The van der Waals surface area contributed by atoms with Gasteiger partial charge in [0.1, 0.15) is 5.75 Å². The van der Waals surface area contributed by atoms with Crippen LogP contribution in [0.1, 0.15) is 5.56 Å². The first kappa shape index (κ1) is 20.8. The van der Waals surface area contributed by atoms with E-state index < -0.39 is 0 Å². The Labute approximate surface area is 184 Å². The average molecular weight is 419 g/mol. The molecule has 0 aliphatic carbocycles. The Morgan fingerprint density at radius 3 is 2.52 bits per heavy atom. The molecule has 1 N–H and O–H groups in total. The quantitative estimate of drug-likeness (QED) is 0.493. The molecule has 162 valence electrons. The second kappa shape index (κ2) is 10.0. The molecule has 1 aromatic heterocycles. The molecule has 2 heterocycles. The maximum absolute atomic E-state index is 5.52. The highest BCUT2D eigenvalue weighted by Gasteiger charge is 2.21. The van der Waals surface area contributed by atoms with Gasteiger partial charge in [-0.3, -0.25) is 4.99 Å². The van der Waals surface area contributed by atoms with Crippen LogP contribution in [0.3, 0.4) is 0 Å². The lowest BCUT2D eigenvalue weighted by Crippen LogP contribution is -2.52. The molecule has 1 aliphatic heterocycles. The van der Waals surface area contributed by atoms with Gasteiger partial charge in [-0.25, -0.2) is 4.68 Å². The topological polar surface area (TPSA) is 57.9 Å². The van der Waals surface area contributed by atoms with Gasteiger partial charge in [0.05, 0.1) is 24.7 Å². The van der Waals surface area contributed by atoms with Crippen LogP contribution >= 0.6 is 0 Å². The number of para-hydroxylation sites is 3. The van der Waals surface area contributed by atoms with E-state index in [4.69, 9.17) is 4.74 Å². The molecule has 0 bridgehead atoms. The SMILES string of the molecule is CN=C(NCCc1cnn(-c2ccccc2)c1)N1CCN(c2ccccc2OC)CC1. The summed E-state index contributed by atoms with van der Waals surface area (Å²) in [6.45, 7) is 4.53. The van der Waals surface area contributed by atoms with Crippen LogP contribution in [0, 0.1) is 0 Å². The van der Waals surface area contributed by atoms with Crippen molar-refractivity contribution in [2.24, 2.45) is 4.99 Å². The number of aliphatic imine (C=N–C) groups is 1. The van der Waals surface area contributed by atoms with Crippen LogP contribution in [0.25, 0.3) is 5.69 Å². The fraction of sp³-hybridized carbons (Fsp3) is 0.333. The summed E-state index contributed by atoms with van der Waals surface area (Å²) in [5, 5.41) is 7.99. The highest BCUT2D eigenvalue weighted by molar-refractivity contribution is 5.80. The maximum atomic E-state index is 5.52. The number of benzene rings is 2. The van der Waals surface area contributed by atoms with Crippen LogP contribution in [0.15, 0.2) is 72.0 Å². The lowest BCUT2D eigenvalue weighted by Gasteiger charge is -2.38. The van der Waals surface area contributed by atoms with Gasteiger partial charge in [0.15, 0.2) is 5.96 Å². The highest BCUT2D eigenvalue weighted by Crippen LogP contribution is 2.28. The van der Waals surface area contributed by atoms with Gasteiger partial charge >= 0.3 is 0 Å². The second-order valence-electron chi connectivity index (χ2n) is 7.50. The predicted molar refractivity (Wildman–Crippen MR) is 125 cm³/mol. The lowest BCUT2D eigenvalue weighted by atomic mass is 10.2. The fourth-order valence-electron chi connectivity index (χ4n) is 3.91. The molecule has 31 heavy (non-hydrogen) atoms. The Bertz CT molecular complexity index is 992. The van der Waals surface area contributed by atoms with Crippen LogP contribution in [-0.4, -0.2) is 67.5 Å². The van der Waals surface area contributed by atoms with Gasteiger partial charge in [-0.1, -0.05) is 30.3 Å². The van der Waals surface area contributed by atoms with Gasteiger partial charge in [0.25, 0.3) is 0 Å². The summed E-state index contributed by atoms with van der Waals surface area (Å²) in [5.41, 5.74) is 3.43. The number of hydrogen-bond donors (Lipinski definition) is 1. The molecule has 0 saturated carbocycles. The van der Waals surface area contributed by atoms with E-state index >= 15 is 0 Å². The summed E-state index contributed by atoms with van der Waals surface area (Å²) >= 11 is 0. The number of nitrogens with zero attached hydrogens (tertiary/aromatic N) is 5. The molecule has 7 heteroatoms. The van der Waals surface area contributed by atoms with Crippen molar-refractivity contribution in [2.75, 3.05) is 51.8 Å². The highest BCUT2D eigenvalue weighted by atomic mass is 16.5. The smallest absolute Gasteiger partial charge is 0.193 e. The minimum atomic E-state index is 0.819. The number of nitrogens with one attached hydrogen (secondary N) is 1. The van der Waals surface area contributed by atoms with Crippen LogP contribution in [0.5, 0.6) is 5.75 Å². The number of ether oxygens (including phenoxy) is 1. The van der Waals surface area contributed by atoms with Crippen LogP contribution in [0.2, 0.25) is 0 Å². The van der Waals surface area contributed by atoms with Crippen molar-refractivity contribution in [1.82, 2.24) is 20.0 Å². The Balaban J connectivity index is 1.27. The zero-order chi connectivity index (χ0) is 21.5. The summed E-state index contributed by atoms with van der Waals surface area (Å²) in [6, 6.07) is 18.4. The molecule has 0 unspecified atom stereocenters. The van der Waals surface area contributed by atoms with E-state index in [0.29, 0.717) is 0 Å². The maximum Gasteiger partial charge on any atom is 0.193 e. The standard InChI is InChI=1S/C24H30N6O/c1-25-24(26-13-12-20-18-27-30(19-20)21-8-4-3-5-9-21)29-16-14-28(15-17-29)22-10-6-7-11-23(22)31-2/h3-11,18-19H,12-17H2,1-2H3,(H,25,26). The zero-order valence-electron chi connectivity index (χ0n) is 18.2. The monoisotopic (exact) mass is 418 g/mol. The van der Waals surface area contributed by atoms with E-state index in [1.165, 1.54) is 5.56 Å². The first-order valence-electron chi connectivity index (χ1n) is 10.7. The third kappa shape index (κ3) is 4.99. The van der Waals surface area contributed by atoms with E-state index in [1.54, 1.807) is 7.11 Å². The molecule has 4 rings (SSSR count). The van der Waals surface area contributed by atoms with Crippen LogP contribution in [0.4, 0.5) is 5.69 Å². The van der Waals surface area contributed by atoms with E-state index in [2.05, 4.69) is 55.7 Å². The van der Waals surface area contributed by atoms with E-state index in [0.717, 1.165) is 62.2 Å². The Hall–Kier alpha value is -3.48. The predicted octanol–water partition coefficient (Wildman–Crippen LogP) is 2.82. The largest absolute Gasteiger partial charge is 0.495 e. The summed E-state index contributed by atoms with van der Waals surface area (Å²) in [6.07, 6.45) is 4.92. The van der Waals surface area contributed by atoms with E-state index in [9.17, 15) is 0 Å². The number of rotatable bonds is 6. The summed E-state index contributed by atoms with van der Waals surface area (Å²) < 4.78 is 7.44. The number of aromatic nitrogens is 2. The van der Waals surface area contributed by atoms with Crippen molar-refractivity contribution in [3.63, 3.8) is 0 Å². The normalized spacial score (nSPS) is 14.6. The molecule has 1 aliphatic rings. The molecular formula is C24H30N6O. The summed E-state index contributed by atoms with van der Waals surface area (Å²) in [5.74, 6) is 1.88.